The van der Waals surface area contributed by atoms with Gasteiger partial charge >= 0.3 is 0 Å². The predicted molar refractivity (Wildman–Crippen MR) is 119 cm³/mol. The normalized spacial score (nSPS) is 15.8. The number of benzene rings is 1. The molecular formula is C21H30N4O3S2. The lowest BCUT2D eigenvalue weighted by atomic mass is 10.1. The van der Waals surface area contributed by atoms with E-state index in [1.165, 1.54) is 11.3 Å². The molecule has 3 rings (SSSR count). The van der Waals surface area contributed by atoms with Crippen LogP contribution in [0.1, 0.15) is 56.5 Å². The molecule has 1 fully saturated rings. The third-order valence-electron chi connectivity index (χ3n) is 5.06. The van der Waals surface area contributed by atoms with Gasteiger partial charge in [0, 0.05) is 25.9 Å². The van der Waals surface area contributed by atoms with Crippen molar-refractivity contribution in [2.24, 2.45) is 5.92 Å². The first-order chi connectivity index (χ1) is 14.3. The van der Waals surface area contributed by atoms with E-state index in [0.717, 1.165) is 42.7 Å². The molecule has 0 unspecified atom stereocenters. The number of carbonyl (C=O) groups excluding carboxylic acids is 1. The van der Waals surface area contributed by atoms with Crippen LogP contribution in [0.3, 0.4) is 0 Å². The minimum atomic E-state index is -3.44. The standard InChI is InChI=1S/C21H30N4O3S2/c1-16(2)15-20-23-24-21(29-20)22-19(26)12-9-17-7-10-18(11-8-17)30(27,28)25-13-5-3-4-6-14-25/h7-8,10-11,16H,3-6,9,12-15H2,1-2H3,(H,22,24,26). The molecule has 0 radical (unpaired) electrons. The van der Waals surface area contributed by atoms with Gasteiger partial charge in [-0.15, -0.1) is 10.2 Å². The fourth-order valence-electron chi connectivity index (χ4n) is 3.43. The summed E-state index contributed by atoms with van der Waals surface area (Å²) in [5, 5.41) is 12.4. The number of rotatable bonds is 8. The molecule has 1 amide bonds. The Hall–Kier alpha value is -1.84. The number of nitrogens with zero attached hydrogens (tertiary/aromatic N) is 3. The lowest BCUT2D eigenvalue weighted by Gasteiger charge is -2.20. The van der Waals surface area contributed by atoms with Crippen molar-refractivity contribution in [3.63, 3.8) is 0 Å². The first kappa shape index (κ1) is 22.8. The quantitative estimate of drug-likeness (QED) is 0.659. The highest BCUT2D eigenvalue weighted by Crippen LogP contribution is 2.21. The van der Waals surface area contributed by atoms with E-state index in [9.17, 15) is 13.2 Å². The number of hydrogen-bond donors (Lipinski definition) is 1. The van der Waals surface area contributed by atoms with Gasteiger partial charge in [0.15, 0.2) is 0 Å². The lowest BCUT2D eigenvalue weighted by Crippen LogP contribution is -2.31. The van der Waals surface area contributed by atoms with Crippen LogP contribution in [0.4, 0.5) is 5.13 Å². The third kappa shape index (κ3) is 6.33. The van der Waals surface area contributed by atoms with Gasteiger partial charge in [0.05, 0.1) is 4.90 Å². The molecule has 1 aromatic carbocycles. The Kier molecular flexibility index (Phi) is 7.96. The number of aromatic nitrogens is 2. The van der Waals surface area contributed by atoms with Crippen molar-refractivity contribution in [1.29, 1.82) is 0 Å². The van der Waals surface area contributed by atoms with E-state index in [-0.39, 0.29) is 5.91 Å². The number of carbonyl (C=O) groups is 1. The number of anilines is 1. The molecule has 2 heterocycles. The molecule has 1 saturated heterocycles. The van der Waals surface area contributed by atoms with Gasteiger partial charge in [0.1, 0.15) is 5.01 Å². The lowest BCUT2D eigenvalue weighted by molar-refractivity contribution is -0.116. The molecule has 7 nitrogen and oxygen atoms in total. The third-order valence-corrected chi connectivity index (χ3v) is 7.84. The highest BCUT2D eigenvalue weighted by Gasteiger charge is 2.24. The Labute approximate surface area is 183 Å². The van der Waals surface area contributed by atoms with Crippen molar-refractivity contribution in [2.45, 2.75) is 63.7 Å². The van der Waals surface area contributed by atoms with Crippen LogP contribution in [-0.2, 0) is 27.7 Å². The summed E-state index contributed by atoms with van der Waals surface area (Å²) in [5.74, 6) is 0.371. The zero-order valence-electron chi connectivity index (χ0n) is 17.6. The van der Waals surface area contributed by atoms with Crippen LogP contribution in [0.5, 0.6) is 0 Å². The summed E-state index contributed by atoms with van der Waals surface area (Å²) >= 11 is 1.41. The largest absolute Gasteiger partial charge is 0.301 e. The number of sulfonamides is 1. The van der Waals surface area contributed by atoms with Crippen LogP contribution in [0, 0.1) is 5.92 Å². The van der Waals surface area contributed by atoms with Crippen LogP contribution < -0.4 is 5.32 Å². The average Bonchev–Trinajstić information content (AvgIpc) is 2.95. The Balaban J connectivity index is 1.52. The van der Waals surface area contributed by atoms with E-state index in [1.807, 2.05) is 0 Å². The summed E-state index contributed by atoms with van der Waals surface area (Å²) < 4.78 is 27.3. The van der Waals surface area contributed by atoms with Crippen molar-refractivity contribution in [2.75, 3.05) is 18.4 Å². The molecule has 1 aromatic heterocycles. The van der Waals surface area contributed by atoms with Gasteiger partial charge in [-0.1, -0.05) is 50.2 Å². The molecule has 0 saturated carbocycles. The van der Waals surface area contributed by atoms with E-state index in [1.54, 1.807) is 28.6 Å². The van der Waals surface area contributed by atoms with Crippen molar-refractivity contribution < 1.29 is 13.2 Å². The molecule has 9 heteroatoms. The number of amides is 1. The van der Waals surface area contributed by atoms with Gasteiger partial charge < -0.3 is 5.32 Å². The number of nitrogens with one attached hydrogen (secondary N) is 1. The minimum Gasteiger partial charge on any atom is -0.301 e. The summed E-state index contributed by atoms with van der Waals surface area (Å²) in [6.45, 7) is 5.41. The average molecular weight is 451 g/mol. The molecule has 1 aliphatic rings. The van der Waals surface area contributed by atoms with Crippen LogP contribution in [0.2, 0.25) is 0 Å². The molecule has 0 atom stereocenters. The summed E-state index contributed by atoms with van der Waals surface area (Å²) in [7, 11) is -3.44. The van der Waals surface area contributed by atoms with Gasteiger partial charge in [-0.3, -0.25) is 4.79 Å². The molecule has 30 heavy (non-hydrogen) atoms. The molecule has 2 aromatic rings. The van der Waals surface area contributed by atoms with E-state index in [4.69, 9.17) is 0 Å². The number of aryl methyl sites for hydroxylation is 1. The van der Waals surface area contributed by atoms with Crippen molar-refractivity contribution in [3.8, 4) is 0 Å². The Bertz CT molecular complexity index is 931. The second-order valence-electron chi connectivity index (χ2n) is 8.11. The van der Waals surface area contributed by atoms with Gasteiger partial charge in [-0.2, -0.15) is 4.31 Å². The monoisotopic (exact) mass is 450 g/mol. The first-order valence-electron chi connectivity index (χ1n) is 10.6. The van der Waals surface area contributed by atoms with Crippen molar-refractivity contribution in [1.82, 2.24) is 14.5 Å². The zero-order chi connectivity index (χ0) is 21.6. The van der Waals surface area contributed by atoms with Gasteiger partial charge in [-0.05, 0) is 42.9 Å². The fraction of sp³-hybridized carbons (Fsp3) is 0.571. The fourth-order valence-corrected chi connectivity index (χ4v) is 5.92. The molecule has 1 aliphatic heterocycles. The second-order valence-corrected chi connectivity index (χ2v) is 11.1. The summed E-state index contributed by atoms with van der Waals surface area (Å²) in [5.41, 5.74) is 0.928. The highest BCUT2D eigenvalue weighted by molar-refractivity contribution is 7.89. The van der Waals surface area contributed by atoms with E-state index in [0.29, 0.717) is 41.9 Å². The second kappa shape index (κ2) is 10.5. The number of hydrogen-bond acceptors (Lipinski definition) is 6. The van der Waals surface area contributed by atoms with Crippen LogP contribution in [0.15, 0.2) is 29.2 Å². The maximum absolute atomic E-state index is 12.8. The topological polar surface area (TPSA) is 92.3 Å². The van der Waals surface area contributed by atoms with Gasteiger partial charge in [0.2, 0.25) is 21.1 Å². The zero-order valence-corrected chi connectivity index (χ0v) is 19.3. The summed E-state index contributed by atoms with van der Waals surface area (Å²) in [4.78, 5) is 12.5. The van der Waals surface area contributed by atoms with Gasteiger partial charge in [-0.25, -0.2) is 8.42 Å². The van der Waals surface area contributed by atoms with E-state index in [2.05, 4.69) is 29.4 Å². The Morgan fingerprint density at radius 2 is 1.77 bits per heavy atom. The predicted octanol–water partition coefficient (Wildman–Crippen LogP) is 3.87. The molecule has 0 bridgehead atoms. The smallest absolute Gasteiger partial charge is 0.243 e. The molecule has 0 spiro atoms. The SMILES string of the molecule is CC(C)Cc1nnc(NC(=O)CCc2ccc(S(=O)(=O)N3CCCCCC3)cc2)s1. The molecule has 164 valence electrons. The highest BCUT2D eigenvalue weighted by atomic mass is 32.2. The van der Waals surface area contributed by atoms with Crippen LogP contribution in [0.25, 0.3) is 0 Å². The van der Waals surface area contributed by atoms with E-state index >= 15 is 0 Å². The molecule has 0 aliphatic carbocycles. The summed E-state index contributed by atoms with van der Waals surface area (Å²) in [6, 6.07) is 6.89. The van der Waals surface area contributed by atoms with Crippen LogP contribution >= 0.6 is 11.3 Å². The Morgan fingerprint density at radius 3 is 2.40 bits per heavy atom. The van der Waals surface area contributed by atoms with Crippen molar-refractivity contribution >= 4 is 32.4 Å². The molecular weight excluding hydrogens is 420 g/mol. The maximum atomic E-state index is 12.8. The minimum absolute atomic E-state index is 0.122. The van der Waals surface area contributed by atoms with Crippen LogP contribution in [-0.4, -0.2) is 41.9 Å². The van der Waals surface area contributed by atoms with Crippen molar-refractivity contribution in [3.05, 3.63) is 34.8 Å². The maximum Gasteiger partial charge on any atom is 0.243 e. The molecule has 1 N–H and O–H groups in total. The first-order valence-corrected chi connectivity index (χ1v) is 12.8. The Morgan fingerprint density at radius 1 is 1.10 bits per heavy atom. The van der Waals surface area contributed by atoms with Gasteiger partial charge in [0.25, 0.3) is 0 Å². The van der Waals surface area contributed by atoms with E-state index < -0.39 is 10.0 Å². The summed E-state index contributed by atoms with van der Waals surface area (Å²) in [6.07, 6.45) is 5.69.